The fraction of sp³-hybridized carbons (Fsp3) is 0.333. The zero-order chi connectivity index (χ0) is 23.4. The monoisotopic (exact) mass is 461 g/mol. The van der Waals surface area contributed by atoms with E-state index in [0.717, 1.165) is 41.1 Å². The maximum Gasteiger partial charge on any atom is 0.259 e. The Balaban J connectivity index is 1.66. The first-order valence-electron chi connectivity index (χ1n) is 11.5. The molecule has 0 radical (unpaired) electrons. The van der Waals surface area contributed by atoms with Gasteiger partial charge in [0.15, 0.2) is 0 Å². The van der Waals surface area contributed by atoms with Gasteiger partial charge in [-0.15, -0.1) is 11.3 Å². The Morgan fingerprint density at radius 3 is 2.70 bits per heavy atom. The van der Waals surface area contributed by atoms with Crippen molar-refractivity contribution in [2.24, 2.45) is 10.9 Å². The number of benzene rings is 2. The molecule has 0 fully saturated rings. The predicted octanol–water partition coefficient (Wildman–Crippen LogP) is 6.34. The van der Waals surface area contributed by atoms with Crippen LogP contribution in [0.25, 0.3) is 0 Å². The third-order valence-electron chi connectivity index (χ3n) is 5.90. The van der Waals surface area contributed by atoms with Crippen molar-refractivity contribution in [2.75, 3.05) is 30.9 Å². The molecule has 1 aliphatic rings. The van der Waals surface area contributed by atoms with E-state index in [4.69, 9.17) is 9.73 Å². The van der Waals surface area contributed by atoms with Gasteiger partial charge < -0.3 is 15.0 Å². The van der Waals surface area contributed by atoms with Gasteiger partial charge in [-0.25, -0.2) is 4.99 Å². The van der Waals surface area contributed by atoms with Gasteiger partial charge in [-0.1, -0.05) is 31.2 Å². The standard InChI is InChI=1S/C27H31N3O2S/c1-5-32-23-9-7-6-8-22(23)29-26(31)25-21-15-10-18(2)16-24(21)33-27(25)28-17-19-11-13-20(14-12-19)30(3)4/h6-9,11-14,17-18H,5,10,15-16H2,1-4H3,(H,29,31)/b28-17+. The molecule has 0 spiro atoms. The van der Waals surface area contributed by atoms with Gasteiger partial charge in [-0.3, -0.25) is 4.79 Å². The number of ether oxygens (including phenoxy) is 1. The molecule has 33 heavy (non-hydrogen) atoms. The average Bonchev–Trinajstić information content (AvgIpc) is 3.17. The molecule has 0 saturated carbocycles. The molecule has 1 heterocycles. The number of hydrogen-bond donors (Lipinski definition) is 1. The molecule has 1 aliphatic carbocycles. The lowest BCUT2D eigenvalue weighted by molar-refractivity contribution is 0.102. The van der Waals surface area contributed by atoms with Crippen LogP contribution in [0.3, 0.4) is 0 Å². The summed E-state index contributed by atoms with van der Waals surface area (Å²) in [6.07, 6.45) is 4.86. The number of para-hydroxylation sites is 2. The van der Waals surface area contributed by atoms with Gasteiger partial charge in [0.1, 0.15) is 10.8 Å². The van der Waals surface area contributed by atoms with Gasteiger partial charge in [-0.2, -0.15) is 0 Å². The fourth-order valence-electron chi connectivity index (χ4n) is 4.09. The molecule has 0 saturated heterocycles. The lowest BCUT2D eigenvalue weighted by Crippen LogP contribution is -2.17. The molecule has 1 atom stereocenters. The van der Waals surface area contributed by atoms with Crippen LogP contribution >= 0.6 is 11.3 Å². The fourth-order valence-corrected chi connectivity index (χ4v) is 5.44. The van der Waals surface area contributed by atoms with Crippen molar-refractivity contribution in [1.82, 2.24) is 0 Å². The third kappa shape index (κ3) is 5.28. The first-order chi connectivity index (χ1) is 16.0. The molecule has 5 nitrogen and oxygen atoms in total. The van der Waals surface area contributed by atoms with Gasteiger partial charge in [0.2, 0.25) is 0 Å². The van der Waals surface area contributed by atoms with Crippen LogP contribution < -0.4 is 15.0 Å². The summed E-state index contributed by atoms with van der Waals surface area (Å²) in [6.45, 7) is 4.75. The molecule has 4 rings (SSSR count). The Labute approximate surface area is 200 Å². The number of rotatable bonds is 7. The smallest absolute Gasteiger partial charge is 0.259 e. The largest absolute Gasteiger partial charge is 0.492 e. The highest BCUT2D eigenvalue weighted by molar-refractivity contribution is 7.16. The number of nitrogens with one attached hydrogen (secondary N) is 1. The first kappa shape index (κ1) is 23.1. The highest BCUT2D eigenvalue weighted by atomic mass is 32.1. The van der Waals surface area contributed by atoms with Gasteiger partial charge in [0, 0.05) is 30.9 Å². The minimum absolute atomic E-state index is 0.121. The molecule has 0 aliphatic heterocycles. The van der Waals surface area contributed by atoms with Gasteiger partial charge >= 0.3 is 0 Å². The summed E-state index contributed by atoms with van der Waals surface area (Å²) in [5.74, 6) is 1.18. The summed E-state index contributed by atoms with van der Waals surface area (Å²) in [5, 5.41) is 3.86. The minimum Gasteiger partial charge on any atom is -0.492 e. The highest BCUT2D eigenvalue weighted by Gasteiger charge is 2.28. The topological polar surface area (TPSA) is 53.9 Å². The van der Waals surface area contributed by atoms with Gasteiger partial charge in [-0.05, 0) is 67.5 Å². The number of amides is 1. The Morgan fingerprint density at radius 1 is 1.21 bits per heavy atom. The van der Waals surface area contributed by atoms with Crippen molar-refractivity contribution in [3.63, 3.8) is 0 Å². The van der Waals surface area contributed by atoms with Crippen LogP contribution in [0.1, 0.15) is 46.6 Å². The van der Waals surface area contributed by atoms with Crippen LogP contribution in [-0.4, -0.2) is 32.8 Å². The van der Waals surface area contributed by atoms with Gasteiger partial charge in [0.05, 0.1) is 17.9 Å². The van der Waals surface area contributed by atoms with E-state index in [-0.39, 0.29) is 5.91 Å². The highest BCUT2D eigenvalue weighted by Crippen LogP contribution is 2.42. The summed E-state index contributed by atoms with van der Waals surface area (Å²) in [5.41, 5.74) is 4.69. The van der Waals surface area contributed by atoms with Crippen LogP contribution in [0.15, 0.2) is 53.5 Å². The van der Waals surface area contributed by atoms with E-state index in [1.54, 1.807) is 11.3 Å². The number of aliphatic imine (C=N–C) groups is 1. The van der Waals surface area contributed by atoms with E-state index in [1.165, 1.54) is 4.88 Å². The van der Waals surface area contributed by atoms with E-state index < -0.39 is 0 Å². The number of fused-ring (bicyclic) bond motifs is 1. The molecule has 1 N–H and O–H groups in total. The van der Waals surface area contributed by atoms with Crippen molar-refractivity contribution >= 4 is 39.8 Å². The molecular formula is C27H31N3O2S. The summed E-state index contributed by atoms with van der Waals surface area (Å²) < 4.78 is 5.70. The van der Waals surface area contributed by atoms with Crippen molar-refractivity contribution in [2.45, 2.75) is 33.1 Å². The minimum atomic E-state index is -0.121. The number of carbonyl (C=O) groups excluding carboxylic acids is 1. The van der Waals surface area contributed by atoms with Crippen molar-refractivity contribution in [1.29, 1.82) is 0 Å². The number of carbonyl (C=O) groups is 1. The molecule has 1 aromatic heterocycles. The number of anilines is 2. The molecule has 1 unspecified atom stereocenters. The summed E-state index contributed by atoms with van der Waals surface area (Å²) in [7, 11) is 4.05. The van der Waals surface area contributed by atoms with E-state index in [0.29, 0.717) is 29.5 Å². The third-order valence-corrected chi connectivity index (χ3v) is 7.06. The van der Waals surface area contributed by atoms with E-state index in [1.807, 2.05) is 63.6 Å². The van der Waals surface area contributed by atoms with Crippen molar-refractivity contribution in [3.05, 3.63) is 70.1 Å². The summed E-state index contributed by atoms with van der Waals surface area (Å²) >= 11 is 1.65. The number of hydrogen-bond acceptors (Lipinski definition) is 5. The van der Waals surface area contributed by atoms with Crippen LogP contribution in [0.2, 0.25) is 0 Å². The molecule has 3 aromatic rings. The number of thiophene rings is 1. The van der Waals surface area contributed by atoms with Crippen LogP contribution in [0.4, 0.5) is 16.4 Å². The first-order valence-corrected chi connectivity index (χ1v) is 12.3. The molecular weight excluding hydrogens is 430 g/mol. The van der Waals surface area contributed by atoms with Crippen molar-refractivity contribution < 1.29 is 9.53 Å². The number of nitrogens with zero attached hydrogens (tertiary/aromatic N) is 2. The Kier molecular flexibility index (Phi) is 7.14. The summed E-state index contributed by atoms with van der Waals surface area (Å²) in [6, 6.07) is 15.8. The Bertz CT molecular complexity index is 1150. The quantitative estimate of drug-likeness (QED) is 0.418. The molecule has 6 heteroatoms. The maximum absolute atomic E-state index is 13.5. The SMILES string of the molecule is CCOc1ccccc1NC(=O)c1c(/N=C/c2ccc(N(C)C)cc2)sc2c1CCC(C)C2. The summed E-state index contributed by atoms with van der Waals surface area (Å²) in [4.78, 5) is 21.6. The zero-order valence-electron chi connectivity index (χ0n) is 19.7. The molecule has 2 aromatic carbocycles. The van der Waals surface area contributed by atoms with Crippen molar-refractivity contribution in [3.8, 4) is 5.75 Å². The average molecular weight is 462 g/mol. The van der Waals surface area contributed by atoms with E-state index in [9.17, 15) is 4.79 Å². The lowest BCUT2D eigenvalue weighted by atomic mass is 9.88. The lowest BCUT2D eigenvalue weighted by Gasteiger charge is -2.19. The predicted molar refractivity (Wildman–Crippen MR) is 139 cm³/mol. The Hall–Kier alpha value is -3.12. The normalized spacial score (nSPS) is 15.3. The molecule has 172 valence electrons. The van der Waals surface area contributed by atoms with Gasteiger partial charge in [0.25, 0.3) is 5.91 Å². The maximum atomic E-state index is 13.5. The second-order valence-electron chi connectivity index (χ2n) is 8.66. The van der Waals surface area contributed by atoms with E-state index in [2.05, 4.69) is 29.3 Å². The van der Waals surface area contributed by atoms with Crippen LogP contribution in [0, 0.1) is 5.92 Å². The Morgan fingerprint density at radius 2 is 1.97 bits per heavy atom. The second-order valence-corrected chi connectivity index (χ2v) is 9.74. The zero-order valence-corrected chi connectivity index (χ0v) is 20.5. The van der Waals surface area contributed by atoms with Crippen LogP contribution in [-0.2, 0) is 12.8 Å². The molecule has 1 amide bonds. The molecule has 0 bridgehead atoms. The van der Waals surface area contributed by atoms with Crippen LogP contribution in [0.5, 0.6) is 5.75 Å². The van der Waals surface area contributed by atoms with E-state index >= 15 is 0 Å². The second kappa shape index (κ2) is 10.2.